The number of hydrogen-bond acceptors (Lipinski definition) is 5. The summed E-state index contributed by atoms with van der Waals surface area (Å²) in [5.41, 5.74) is 2.73. The van der Waals surface area contributed by atoms with Crippen molar-refractivity contribution in [3.05, 3.63) is 64.9 Å². The van der Waals surface area contributed by atoms with Crippen LogP contribution < -0.4 is 9.84 Å². The maximum Gasteiger partial charge on any atom is 0.134 e. The summed E-state index contributed by atoms with van der Waals surface area (Å²) < 4.78 is 11.0. The van der Waals surface area contributed by atoms with E-state index in [-0.39, 0.29) is 6.42 Å². The van der Waals surface area contributed by atoms with Crippen LogP contribution >= 0.6 is 0 Å². The number of furan rings is 1. The molecule has 1 heterocycles. The lowest BCUT2D eigenvalue weighted by molar-refractivity contribution is -0.304. The summed E-state index contributed by atoms with van der Waals surface area (Å²) in [5, 5.41) is 20.8. The molecule has 0 amide bonds. The smallest absolute Gasteiger partial charge is 0.134 e. The molecule has 3 rings (SSSR count). The van der Waals surface area contributed by atoms with Gasteiger partial charge in [-0.2, -0.15) is 5.26 Å². The number of carboxylic acid groups (broad SMARTS) is 1. The first-order valence-corrected chi connectivity index (χ1v) is 7.88. The number of carbonyl (C=O) groups is 1. The Kier molecular flexibility index (Phi) is 4.71. The molecule has 5 nitrogen and oxygen atoms in total. The molecule has 0 aliphatic carbocycles. The van der Waals surface area contributed by atoms with Gasteiger partial charge in [-0.05, 0) is 42.3 Å². The van der Waals surface area contributed by atoms with Crippen molar-refractivity contribution in [1.82, 2.24) is 0 Å². The van der Waals surface area contributed by atoms with E-state index in [1.807, 2.05) is 24.3 Å². The molecular formula is C20H16NO4-. The molecule has 0 bridgehead atoms. The third kappa shape index (κ3) is 3.64. The lowest BCUT2D eigenvalue weighted by atomic mass is 10.0. The molecule has 25 heavy (non-hydrogen) atoms. The predicted octanol–water partition coefficient (Wildman–Crippen LogP) is 2.39. The Labute approximate surface area is 145 Å². The van der Waals surface area contributed by atoms with E-state index < -0.39 is 5.97 Å². The Morgan fingerprint density at radius 1 is 1.20 bits per heavy atom. The van der Waals surface area contributed by atoms with E-state index in [0.29, 0.717) is 40.7 Å². The summed E-state index contributed by atoms with van der Waals surface area (Å²) in [6, 6.07) is 14.8. The summed E-state index contributed by atoms with van der Waals surface area (Å²) in [7, 11) is 1.62. The van der Waals surface area contributed by atoms with E-state index in [1.165, 1.54) is 0 Å². The van der Waals surface area contributed by atoms with Gasteiger partial charge >= 0.3 is 0 Å². The minimum absolute atomic E-state index is 0.236. The van der Waals surface area contributed by atoms with Crippen molar-refractivity contribution < 1.29 is 19.1 Å². The number of benzene rings is 2. The number of hydrogen-bond donors (Lipinski definition) is 0. The fraction of sp³-hybridized carbons (Fsp3) is 0.200. The van der Waals surface area contributed by atoms with E-state index in [9.17, 15) is 9.90 Å². The van der Waals surface area contributed by atoms with Crippen LogP contribution in [0, 0.1) is 11.3 Å². The Hall–Kier alpha value is -3.26. The SMILES string of the molecule is COc1ccc(CCc2oc3ccc(C#N)cc3c2CC(=O)[O-])cc1. The van der Waals surface area contributed by atoms with Gasteiger partial charge in [-0.3, -0.25) is 0 Å². The van der Waals surface area contributed by atoms with Crippen LogP contribution in [0.3, 0.4) is 0 Å². The average molecular weight is 334 g/mol. The fourth-order valence-electron chi connectivity index (χ4n) is 2.86. The summed E-state index contributed by atoms with van der Waals surface area (Å²) in [5.74, 6) is 0.232. The van der Waals surface area contributed by atoms with Gasteiger partial charge in [-0.1, -0.05) is 12.1 Å². The van der Waals surface area contributed by atoms with Crippen LogP contribution in [0.25, 0.3) is 11.0 Å². The molecule has 0 fully saturated rings. The monoisotopic (exact) mass is 334 g/mol. The van der Waals surface area contributed by atoms with Gasteiger partial charge in [0, 0.05) is 29.8 Å². The van der Waals surface area contributed by atoms with Crippen molar-refractivity contribution in [3.8, 4) is 11.8 Å². The Bertz CT molecular complexity index is 948. The average Bonchev–Trinajstić information content (AvgIpc) is 2.96. The van der Waals surface area contributed by atoms with Gasteiger partial charge in [0.05, 0.1) is 18.7 Å². The number of methoxy groups -OCH3 is 1. The summed E-state index contributed by atoms with van der Waals surface area (Å²) in [4.78, 5) is 11.1. The van der Waals surface area contributed by atoms with Crippen LogP contribution in [0.15, 0.2) is 46.9 Å². The van der Waals surface area contributed by atoms with Crippen molar-refractivity contribution >= 4 is 16.9 Å². The molecule has 0 aliphatic rings. The molecule has 2 aromatic carbocycles. The standard InChI is InChI=1S/C20H17NO4/c1-24-15-6-2-13(3-7-15)4-8-19-17(11-20(22)23)16-10-14(12-21)5-9-18(16)25-19/h2-3,5-7,9-10H,4,8,11H2,1H3,(H,22,23)/p-1. The minimum atomic E-state index is -1.17. The molecule has 0 radical (unpaired) electrons. The quantitative estimate of drug-likeness (QED) is 0.691. The molecule has 0 spiro atoms. The summed E-state index contributed by atoms with van der Waals surface area (Å²) in [6.07, 6.45) is 1.03. The van der Waals surface area contributed by atoms with E-state index in [2.05, 4.69) is 6.07 Å². The lowest BCUT2D eigenvalue weighted by Crippen LogP contribution is -2.24. The highest BCUT2D eigenvalue weighted by molar-refractivity contribution is 5.87. The molecule has 3 aromatic rings. The van der Waals surface area contributed by atoms with Gasteiger partial charge in [0.15, 0.2) is 0 Å². The van der Waals surface area contributed by atoms with Crippen molar-refractivity contribution in [3.63, 3.8) is 0 Å². The topological polar surface area (TPSA) is 86.3 Å². The van der Waals surface area contributed by atoms with E-state index in [0.717, 1.165) is 11.3 Å². The number of fused-ring (bicyclic) bond motifs is 1. The van der Waals surface area contributed by atoms with E-state index in [4.69, 9.17) is 14.4 Å². The first-order valence-electron chi connectivity index (χ1n) is 7.88. The van der Waals surface area contributed by atoms with Crippen molar-refractivity contribution in [2.45, 2.75) is 19.3 Å². The molecule has 0 saturated heterocycles. The first-order chi connectivity index (χ1) is 12.1. The molecule has 0 atom stereocenters. The highest BCUT2D eigenvalue weighted by Crippen LogP contribution is 2.28. The zero-order valence-corrected chi connectivity index (χ0v) is 13.7. The second-order valence-corrected chi connectivity index (χ2v) is 5.72. The molecule has 0 saturated carbocycles. The third-order valence-electron chi connectivity index (χ3n) is 4.12. The van der Waals surface area contributed by atoms with Crippen LogP contribution in [0.4, 0.5) is 0 Å². The zero-order chi connectivity index (χ0) is 17.8. The number of ether oxygens (including phenoxy) is 1. The Balaban J connectivity index is 1.91. The van der Waals surface area contributed by atoms with Gasteiger partial charge in [-0.15, -0.1) is 0 Å². The molecule has 126 valence electrons. The lowest BCUT2D eigenvalue weighted by Gasteiger charge is -2.06. The van der Waals surface area contributed by atoms with Gasteiger partial charge < -0.3 is 19.1 Å². The largest absolute Gasteiger partial charge is 0.550 e. The van der Waals surface area contributed by atoms with Crippen LogP contribution in [-0.4, -0.2) is 13.1 Å². The summed E-state index contributed by atoms with van der Waals surface area (Å²) >= 11 is 0. The number of nitriles is 1. The molecular weight excluding hydrogens is 318 g/mol. The third-order valence-corrected chi connectivity index (χ3v) is 4.12. The second-order valence-electron chi connectivity index (χ2n) is 5.72. The van der Waals surface area contributed by atoms with Crippen molar-refractivity contribution in [1.29, 1.82) is 5.26 Å². The summed E-state index contributed by atoms with van der Waals surface area (Å²) in [6.45, 7) is 0. The van der Waals surface area contributed by atoms with Crippen molar-refractivity contribution in [2.75, 3.05) is 7.11 Å². The van der Waals surface area contributed by atoms with Crippen molar-refractivity contribution in [2.24, 2.45) is 0 Å². The maximum atomic E-state index is 11.1. The van der Waals surface area contributed by atoms with Crippen LogP contribution in [0.5, 0.6) is 5.75 Å². The number of aliphatic carboxylic acids is 1. The first kappa shape index (κ1) is 16.6. The molecule has 1 aromatic heterocycles. The van der Waals surface area contributed by atoms with Gasteiger partial charge in [0.1, 0.15) is 17.1 Å². The number of aryl methyl sites for hydroxylation is 2. The highest BCUT2D eigenvalue weighted by Gasteiger charge is 2.15. The molecule has 0 unspecified atom stereocenters. The number of carbonyl (C=O) groups excluding carboxylic acids is 1. The maximum absolute atomic E-state index is 11.1. The van der Waals surface area contributed by atoms with Crippen LogP contribution in [0.1, 0.15) is 22.5 Å². The van der Waals surface area contributed by atoms with Crippen LogP contribution in [-0.2, 0) is 24.1 Å². The molecule has 0 N–H and O–H groups in total. The number of nitrogens with zero attached hydrogens (tertiary/aromatic N) is 1. The van der Waals surface area contributed by atoms with E-state index >= 15 is 0 Å². The van der Waals surface area contributed by atoms with Gasteiger partial charge in [-0.25, -0.2) is 0 Å². The van der Waals surface area contributed by atoms with Crippen LogP contribution in [0.2, 0.25) is 0 Å². The van der Waals surface area contributed by atoms with Gasteiger partial charge in [0.2, 0.25) is 0 Å². The highest BCUT2D eigenvalue weighted by atomic mass is 16.5. The Morgan fingerprint density at radius 2 is 1.96 bits per heavy atom. The predicted molar refractivity (Wildman–Crippen MR) is 90.0 cm³/mol. The normalized spacial score (nSPS) is 10.6. The van der Waals surface area contributed by atoms with Gasteiger partial charge in [0.25, 0.3) is 0 Å². The number of carboxylic acids is 1. The molecule has 5 heteroatoms. The zero-order valence-electron chi connectivity index (χ0n) is 13.7. The fourth-order valence-corrected chi connectivity index (χ4v) is 2.86. The minimum Gasteiger partial charge on any atom is -0.550 e. The van der Waals surface area contributed by atoms with E-state index in [1.54, 1.807) is 25.3 Å². The molecule has 0 aliphatic heterocycles. The Morgan fingerprint density at radius 3 is 2.60 bits per heavy atom. The second kappa shape index (κ2) is 7.10. The number of rotatable bonds is 6.